The molecule has 0 aromatic heterocycles. The van der Waals surface area contributed by atoms with Crippen LogP contribution in [0.1, 0.15) is 35.7 Å². The van der Waals surface area contributed by atoms with Crippen molar-refractivity contribution >= 4 is 44.8 Å². The molecule has 1 amide bonds. The molecule has 0 spiro atoms. The molecule has 2 N–H and O–H groups in total. The lowest BCUT2D eigenvalue weighted by Gasteiger charge is -2.25. The molecule has 0 radical (unpaired) electrons. The van der Waals surface area contributed by atoms with E-state index < -0.39 is 5.57 Å². The van der Waals surface area contributed by atoms with Crippen LogP contribution < -0.4 is 20.3 Å². The van der Waals surface area contributed by atoms with Crippen LogP contribution in [0.2, 0.25) is 0 Å². The summed E-state index contributed by atoms with van der Waals surface area (Å²) in [6, 6.07) is 9.64. The largest absolute Gasteiger partial charge is 0.487 e. The van der Waals surface area contributed by atoms with Gasteiger partial charge in [-0.25, -0.2) is 0 Å². The number of hydrogen-bond acceptors (Lipinski definition) is 4. The summed E-state index contributed by atoms with van der Waals surface area (Å²) in [6.45, 7) is 5.97. The van der Waals surface area contributed by atoms with Gasteiger partial charge in [-0.05, 0) is 78.8 Å². The van der Waals surface area contributed by atoms with Crippen LogP contribution in [0.3, 0.4) is 0 Å². The molecule has 0 bridgehead atoms. The lowest BCUT2D eigenvalue weighted by Crippen LogP contribution is -2.31. The molecule has 5 nitrogen and oxygen atoms in total. The minimum Gasteiger partial charge on any atom is -0.420 e. The van der Waals surface area contributed by atoms with Gasteiger partial charge in [-0.15, -0.1) is 8.78 Å². The molecule has 2 aromatic carbocycles. The number of benzene rings is 2. The Labute approximate surface area is 187 Å². The molecule has 30 heavy (non-hydrogen) atoms. The Kier molecular flexibility index (Phi) is 6.89. The van der Waals surface area contributed by atoms with Crippen molar-refractivity contribution in [2.75, 3.05) is 30.4 Å². The molecule has 9 heteroatoms. The Morgan fingerprint density at radius 3 is 2.57 bits per heavy atom. The number of amides is 1. The fraction of sp³-hybridized carbons (Fsp3) is 0.381. The molecule has 162 valence electrons. The van der Waals surface area contributed by atoms with Crippen molar-refractivity contribution in [3.8, 4) is 5.75 Å². The van der Waals surface area contributed by atoms with E-state index in [4.69, 9.17) is 11.6 Å². The number of rotatable bonds is 7. The lowest BCUT2D eigenvalue weighted by atomic mass is 9.99. The van der Waals surface area contributed by atoms with Crippen LogP contribution in [0.4, 0.5) is 20.2 Å². The highest BCUT2D eigenvalue weighted by atomic mass is 79.9. The predicted molar refractivity (Wildman–Crippen MR) is 119 cm³/mol. The van der Waals surface area contributed by atoms with Crippen LogP contribution in [0.25, 0.3) is 0 Å². The Morgan fingerprint density at radius 1 is 1.33 bits per heavy atom. The zero-order chi connectivity index (χ0) is 22.1. The van der Waals surface area contributed by atoms with E-state index in [0.717, 1.165) is 28.8 Å². The SMILES string of the molecule is CNCC1CN(C(C)C)c2c(Br)cc(C(=O)Nc3ccc(OC(F)(F)Cl)cc3)cc21. The number of alkyl halides is 3. The van der Waals surface area contributed by atoms with Gasteiger partial charge in [0, 0.05) is 52.4 Å². The summed E-state index contributed by atoms with van der Waals surface area (Å²) < 4.78 is 30.6. The van der Waals surface area contributed by atoms with Crippen molar-refractivity contribution in [2.45, 2.75) is 31.4 Å². The summed E-state index contributed by atoms with van der Waals surface area (Å²) in [5.41, 5.74) is -0.580. The van der Waals surface area contributed by atoms with E-state index in [-0.39, 0.29) is 17.6 Å². The highest BCUT2D eigenvalue weighted by Gasteiger charge is 2.32. The molecular weight excluding hydrogens is 480 g/mol. The molecular formula is C21H23BrClF2N3O2. The molecule has 1 heterocycles. The van der Waals surface area contributed by atoms with Crippen LogP contribution in [0, 0.1) is 0 Å². The van der Waals surface area contributed by atoms with Gasteiger partial charge in [-0.3, -0.25) is 4.79 Å². The van der Waals surface area contributed by atoms with Gasteiger partial charge in [0.2, 0.25) is 0 Å². The highest BCUT2D eigenvalue weighted by molar-refractivity contribution is 9.10. The van der Waals surface area contributed by atoms with E-state index in [1.807, 2.05) is 13.1 Å². The van der Waals surface area contributed by atoms with Gasteiger partial charge in [-0.1, -0.05) is 0 Å². The van der Waals surface area contributed by atoms with E-state index in [1.165, 1.54) is 24.3 Å². The summed E-state index contributed by atoms with van der Waals surface area (Å²) in [6.07, 6.45) is 0. The highest BCUT2D eigenvalue weighted by Crippen LogP contribution is 2.43. The molecule has 3 rings (SSSR count). The van der Waals surface area contributed by atoms with Gasteiger partial charge in [0.15, 0.2) is 0 Å². The van der Waals surface area contributed by atoms with Gasteiger partial charge in [0.1, 0.15) is 5.75 Å². The molecule has 0 fully saturated rings. The maximum Gasteiger partial charge on any atom is 0.487 e. The van der Waals surface area contributed by atoms with Gasteiger partial charge in [0.05, 0.1) is 5.69 Å². The predicted octanol–water partition coefficient (Wildman–Crippen LogP) is 5.40. The van der Waals surface area contributed by atoms with Gasteiger partial charge < -0.3 is 20.3 Å². The number of ether oxygens (including phenoxy) is 1. The van der Waals surface area contributed by atoms with Crippen molar-refractivity contribution in [3.63, 3.8) is 0 Å². The van der Waals surface area contributed by atoms with Crippen molar-refractivity contribution < 1.29 is 18.3 Å². The first kappa shape index (κ1) is 22.8. The van der Waals surface area contributed by atoms with E-state index in [2.05, 4.69) is 50.0 Å². The Morgan fingerprint density at radius 2 is 2.00 bits per heavy atom. The smallest absolute Gasteiger partial charge is 0.420 e. The third-order valence-corrected chi connectivity index (χ3v) is 5.60. The van der Waals surface area contributed by atoms with E-state index >= 15 is 0 Å². The fourth-order valence-electron chi connectivity index (χ4n) is 3.63. The average molecular weight is 503 g/mol. The Balaban J connectivity index is 1.82. The summed E-state index contributed by atoms with van der Waals surface area (Å²) >= 11 is 8.39. The Hall–Kier alpha value is -1.90. The summed E-state index contributed by atoms with van der Waals surface area (Å²) in [5.74, 6) is -0.122. The zero-order valence-electron chi connectivity index (χ0n) is 16.8. The first-order valence-electron chi connectivity index (χ1n) is 9.51. The number of anilines is 2. The topological polar surface area (TPSA) is 53.6 Å². The third kappa shape index (κ3) is 5.22. The van der Waals surface area contributed by atoms with Crippen LogP contribution in [-0.2, 0) is 0 Å². The maximum absolute atomic E-state index is 12.8. The number of hydrogen-bond donors (Lipinski definition) is 2. The number of halogens is 4. The first-order chi connectivity index (χ1) is 14.1. The van der Waals surface area contributed by atoms with Crippen LogP contribution in [0.5, 0.6) is 5.75 Å². The lowest BCUT2D eigenvalue weighted by molar-refractivity contribution is -0.0964. The van der Waals surface area contributed by atoms with Crippen LogP contribution in [0.15, 0.2) is 40.9 Å². The normalized spacial score (nSPS) is 16.0. The minimum atomic E-state index is -3.78. The quantitative estimate of drug-likeness (QED) is 0.498. The van der Waals surface area contributed by atoms with Gasteiger partial charge in [-0.2, -0.15) is 0 Å². The second-order valence-electron chi connectivity index (χ2n) is 7.42. The number of nitrogens with zero attached hydrogens (tertiary/aromatic N) is 1. The molecule has 0 saturated heterocycles. The average Bonchev–Trinajstić information content (AvgIpc) is 3.02. The zero-order valence-corrected chi connectivity index (χ0v) is 19.2. The number of carbonyl (C=O) groups is 1. The number of fused-ring (bicyclic) bond motifs is 1. The monoisotopic (exact) mass is 501 g/mol. The minimum absolute atomic E-state index is 0.100. The second-order valence-corrected chi connectivity index (χ2v) is 8.72. The van der Waals surface area contributed by atoms with Gasteiger partial charge in [0.25, 0.3) is 5.91 Å². The summed E-state index contributed by atoms with van der Waals surface area (Å²) in [5, 5.41) is 6.00. The molecule has 0 aliphatic carbocycles. The maximum atomic E-state index is 12.8. The fourth-order valence-corrected chi connectivity index (χ4v) is 4.42. The van der Waals surface area contributed by atoms with Crippen molar-refractivity contribution in [1.29, 1.82) is 0 Å². The molecule has 1 atom stereocenters. The van der Waals surface area contributed by atoms with E-state index in [0.29, 0.717) is 17.3 Å². The Bertz CT molecular complexity index is 920. The molecule has 1 aliphatic heterocycles. The van der Waals surface area contributed by atoms with Crippen LogP contribution >= 0.6 is 27.5 Å². The van der Waals surface area contributed by atoms with Crippen molar-refractivity contribution in [1.82, 2.24) is 5.32 Å². The molecule has 1 aliphatic rings. The van der Waals surface area contributed by atoms with E-state index in [1.54, 1.807) is 6.07 Å². The second kappa shape index (κ2) is 9.08. The van der Waals surface area contributed by atoms with Gasteiger partial charge >= 0.3 is 5.57 Å². The summed E-state index contributed by atoms with van der Waals surface area (Å²) in [4.78, 5) is 15.2. The number of nitrogens with one attached hydrogen (secondary N) is 2. The molecule has 2 aromatic rings. The standard InChI is InChI=1S/C21H23BrClF2N3O2/c1-12(2)28-11-14(10-26-3)17-8-13(9-18(22)19(17)28)20(29)27-15-4-6-16(7-5-15)30-21(23,24)25/h4-9,12,14,26H,10-11H2,1-3H3,(H,27,29). The number of likely N-dealkylation sites (N-methyl/N-ethyl adjacent to an activating group) is 1. The molecule has 0 saturated carbocycles. The first-order valence-corrected chi connectivity index (χ1v) is 10.7. The third-order valence-electron chi connectivity index (χ3n) is 4.92. The van der Waals surface area contributed by atoms with Crippen molar-refractivity contribution in [2.24, 2.45) is 0 Å². The molecule has 1 unspecified atom stereocenters. The van der Waals surface area contributed by atoms with E-state index in [9.17, 15) is 13.6 Å². The van der Waals surface area contributed by atoms with Crippen LogP contribution in [-0.4, -0.2) is 37.7 Å². The van der Waals surface area contributed by atoms with Crippen molar-refractivity contribution in [3.05, 3.63) is 52.0 Å². The number of carbonyl (C=O) groups excluding carboxylic acids is 1. The summed E-state index contributed by atoms with van der Waals surface area (Å²) in [7, 11) is 1.91.